The molecule has 6 heteroatoms. The summed E-state index contributed by atoms with van der Waals surface area (Å²) < 4.78 is 25.8. The van der Waals surface area contributed by atoms with E-state index >= 15 is 0 Å². The molecule has 0 aliphatic rings. The molecule has 1 heterocycles. The lowest BCUT2D eigenvalue weighted by Gasteiger charge is -2.09. The Bertz CT molecular complexity index is 617. The van der Waals surface area contributed by atoms with Crippen LogP contribution in [0.25, 0.3) is 0 Å². The van der Waals surface area contributed by atoms with Gasteiger partial charge >= 0.3 is 0 Å². The van der Waals surface area contributed by atoms with E-state index in [4.69, 9.17) is 11.6 Å². The summed E-state index contributed by atoms with van der Waals surface area (Å²) in [6, 6.07) is 3.71. The van der Waals surface area contributed by atoms with Crippen LogP contribution in [-0.4, -0.2) is 9.97 Å². The lowest BCUT2D eigenvalue weighted by molar-refractivity contribution is 0.507. The molecule has 2 rings (SSSR count). The molecule has 3 nitrogen and oxygen atoms in total. The maximum absolute atomic E-state index is 13.0. The predicted molar refractivity (Wildman–Crippen MR) is 70.2 cm³/mol. The van der Waals surface area contributed by atoms with Crippen LogP contribution in [0.4, 0.5) is 14.6 Å². The van der Waals surface area contributed by atoms with E-state index in [9.17, 15) is 8.78 Å². The number of aryl methyl sites for hydroxylation is 2. The van der Waals surface area contributed by atoms with Gasteiger partial charge in [-0.2, -0.15) is 0 Å². The van der Waals surface area contributed by atoms with Crippen molar-refractivity contribution in [1.29, 1.82) is 0 Å². The molecule has 2 aromatic rings. The first kappa shape index (κ1) is 13.7. The summed E-state index contributed by atoms with van der Waals surface area (Å²) in [5.41, 5.74) is 2.11. The lowest BCUT2D eigenvalue weighted by Crippen LogP contribution is -2.05. The van der Waals surface area contributed by atoms with Crippen LogP contribution in [0, 0.1) is 25.5 Å². The zero-order chi connectivity index (χ0) is 14.0. The van der Waals surface area contributed by atoms with Crippen molar-refractivity contribution in [3.63, 3.8) is 0 Å². The van der Waals surface area contributed by atoms with E-state index in [-0.39, 0.29) is 11.7 Å². The van der Waals surface area contributed by atoms with Crippen molar-refractivity contribution < 1.29 is 8.78 Å². The second kappa shape index (κ2) is 5.48. The molecule has 0 atom stereocenters. The third-order valence-electron chi connectivity index (χ3n) is 2.71. The average molecular weight is 284 g/mol. The lowest BCUT2D eigenvalue weighted by atomic mass is 10.2. The fraction of sp³-hybridized carbons (Fsp3) is 0.231. The highest BCUT2D eigenvalue weighted by Gasteiger charge is 2.07. The summed E-state index contributed by atoms with van der Waals surface area (Å²) in [7, 11) is 0. The first-order valence-corrected chi connectivity index (χ1v) is 6.03. The Morgan fingerprint density at radius 1 is 1.11 bits per heavy atom. The van der Waals surface area contributed by atoms with Gasteiger partial charge in [-0.15, -0.1) is 0 Å². The fourth-order valence-electron chi connectivity index (χ4n) is 1.52. The van der Waals surface area contributed by atoms with Gasteiger partial charge in [0.1, 0.15) is 0 Å². The Hall–Kier alpha value is -1.75. The molecule has 1 aromatic carbocycles. The first-order chi connectivity index (χ1) is 8.97. The van der Waals surface area contributed by atoms with Crippen molar-refractivity contribution in [2.45, 2.75) is 20.4 Å². The van der Waals surface area contributed by atoms with Crippen LogP contribution < -0.4 is 5.32 Å². The van der Waals surface area contributed by atoms with Crippen molar-refractivity contribution >= 4 is 17.4 Å². The van der Waals surface area contributed by atoms with Gasteiger partial charge in [0.25, 0.3) is 0 Å². The molecule has 100 valence electrons. The molecule has 0 fully saturated rings. The standard InChI is InChI=1S/C13H12ClF2N3/c1-7-8(2)19-13(12(14)18-7)17-6-9-3-4-10(15)11(16)5-9/h3-5H,6H2,1-2H3,(H,17,19). The van der Waals surface area contributed by atoms with E-state index in [1.54, 1.807) is 0 Å². The second-order valence-corrected chi connectivity index (χ2v) is 4.49. The van der Waals surface area contributed by atoms with Crippen LogP contribution in [0.5, 0.6) is 0 Å². The minimum Gasteiger partial charge on any atom is -0.363 e. The summed E-state index contributed by atoms with van der Waals surface area (Å²) in [4.78, 5) is 8.38. The smallest absolute Gasteiger partial charge is 0.171 e. The van der Waals surface area contributed by atoms with Gasteiger partial charge in [0, 0.05) is 6.54 Å². The van der Waals surface area contributed by atoms with Crippen LogP contribution >= 0.6 is 11.6 Å². The van der Waals surface area contributed by atoms with E-state index in [1.165, 1.54) is 6.07 Å². The molecule has 0 saturated carbocycles. The van der Waals surface area contributed by atoms with Crippen molar-refractivity contribution in [2.75, 3.05) is 5.32 Å². The highest BCUT2D eigenvalue weighted by molar-refractivity contribution is 6.31. The highest BCUT2D eigenvalue weighted by Crippen LogP contribution is 2.19. The summed E-state index contributed by atoms with van der Waals surface area (Å²) in [6.07, 6.45) is 0. The van der Waals surface area contributed by atoms with Crippen molar-refractivity contribution in [1.82, 2.24) is 9.97 Å². The SMILES string of the molecule is Cc1nc(Cl)c(NCc2ccc(F)c(F)c2)nc1C. The molecule has 0 radical (unpaired) electrons. The van der Waals surface area contributed by atoms with E-state index in [0.29, 0.717) is 11.4 Å². The molecule has 0 spiro atoms. The molecule has 1 aromatic heterocycles. The Labute approximate surface area is 114 Å². The van der Waals surface area contributed by atoms with Crippen LogP contribution in [0.2, 0.25) is 5.15 Å². The van der Waals surface area contributed by atoms with Gasteiger partial charge < -0.3 is 5.32 Å². The van der Waals surface area contributed by atoms with Gasteiger partial charge in [0.05, 0.1) is 11.4 Å². The van der Waals surface area contributed by atoms with Crippen molar-refractivity contribution in [3.05, 3.63) is 51.9 Å². The van der Waals surface area contributed by atoms with Crippen LogP contribution in [0.15, 0.2) is 18.2 Å². The van der Waals surface area contributed by atoms with Crippen LogP contribution in [-0.2, 0) is 6.54 Å². The summed E-state index contributed by atoms with van der Waals surface area (Å²) >= 11 is 5.95. The molecular formula is C13H12ClF2N3. The molecule has 0 aliphatic heterocycles. The monoisotopic (exact) mass is 283 g/mol. The number of halogens is 3. The predicted octanol–water partition coefficient (Wildman–Crippen LogP) is 3.64. The van der Waals surface area contributed by atoms with E-state index in [0.717, 1.165) is 23.5 Å². The second-order valence-electron chi connectivity index (χ2n) is 4.14. The molecule has 0 saturated heterocycles. The van der Waals surface area contributed by atoms with E-state index in [1.807, 2.05) is 13.8 Å². The highest BCUT2D eigenvalue weighted by atomic mass is 35.5. The maximum atomic E-state index is 13.0. The van der Waals surface area contributed by atoms with E-state index in [2.05, 4.69) is 15.3 Å². The van der Waals surface area contributed by atoms with E-state index < -0.39 is 11.6 Å². The summed E-state index contributed by atoms with van der Waals surface area (Å²) in [6.45, 7) is 3.92. The maximum Gasteiger partial charge on any atom is 0.171 e. The van der Waals surface area contributed by atoms with Gasteiger partial charge in [0.15, 0.2) is 22.6 Å². The number of rotatable bonds is 3. The Kier molecular flexibility index (Phi) is 3.95. The van der Waals surface area contributed by atoms with Crippen LogP contribution in [0.3, 0.4) is 0 Å². The average Bonchev–Trinajstić information content (AvgIpc) is 2.36. The zero-order valence-corrected chi connectivity index (χ0v) is 11.2. The number of hydrogen-bond acceptors (Lipinski definition) is 3. The van der Waals surface area contributed by atoms with Crippen molar-refractivity contribution in [2.24, 2.45) is 0 Å². The number of anilines is 1. The molecular weight excluding hydrogens is 272 g/mol. The summed E-state index contributed by atoms with van der Waals surface area (Å²) in [5, 5.41) is 3.20. The molecule has 1 N–H and O–H groups in total. The molecule has 19 heavy (non-hydrogen) atoms. The number of hydrogen-bond donors (Lipinski definition) is 1. The minimum absolute atomic E-state index is 0.255. The van der Waals surface area contributed by atoms with Crippen LogP contribution in [0.1, 0.15) is 17.0 Å². The molecule has 0 bridgehead atoms. The number of nitrogens with zero attached hydrogens (tertiary/aromatic N) is 2. The third-order valence-corrected chi connectivity index (χ3v) is 2.97. The third kappa shape index (κ3) is 3.17. The Morgan fingerprint density at radius 2 is 1.79 bits per heavy atom. The number of benzene rings is 1. The largest absolute Gasteiger partial charge is 0.363 e. The van der Waals surface area contributed by atoms with Gasteiger partial charge in [0.2, 0.25) is 0 Å². The number of nitrogens with one attached hydrogen (secondary N) is 1. The minimum atomic E-state index is -0.878. The molecule has 0 aliphatic carbocycles. The molecule has 0 unspecified atom stereocenters. The quantitative estimate of drug-likeness (QED) is 0.934. The normalized spacial score (nSPS) is 10.6. The summed E-state index contributed by atoms with van der Waals surface area (Å²) in [5.74, 6) is -1.32. The fourth-order valence-corrected chi connectivity index (χ4v) is 1.76. The molecule has 0 amide bonds. The number of aromatic nitrogens is 2. The van der Waals surface area contributed by atoms with Gasteiger partial charge in [-0.25, -0.2) is 18.7 Å². The first-order valence-electron chi connectivity index (χ1n) is 5.66. The topological polar surface area (TPSA) is 37.8 Å². The zero-order valence-electron chi connectivity index (χ0n) is 10.5. The Morgan fingerprint density at radius 3 is 2.47 bits per heavy atom. The van der Waals surface area contributed by atoms with Gasteiger partial charge in [-0.05, 0) is 31.5 Å². The van der Waals surface area contributed by atoms with Gasteiger partial charge in [-0.1, -0.05) is 17.7 Å². The van der Waals surface area contributed by atoms with Gasteiger partial charge in [-0.3, -0.25) is 0 Å². The Balaban J connectivity index is 2.14. The van der Waals surface area contributed by atoms with Crippen molar-refractivity contribution in [3.8, 4) is 0 Å².